The van der Waals surface area contributed by atoms with Gasteiger partial charge in [-0.2, -0.15) is 0 Å². The molecule has 30 heavy (non-hydrogen) atoms. The van der Waals surface area contributed by atoms with Crippen LogP contribution in [0.3, 0.4) is 0 Å². The largest absolute Gasteiger partial charge is 0.490 e. The summed E-state index contributed by atoms with van der Waals surface area (Å²) in [5, 5.41) is 0. The molecule has 2 aromatic rings. The van der Waals surface area contributed by atoms with Gasteiger partial charge in [-0.1, -0.05) is 12.8 Å². The minimum atomic E-state index is -0.187. The van der Waals surface area contributed by atoms with Gasteiger partial charge in [-0.25, -0.2) is 0 Å². The highest BCUT2D eigenvalue weighted by molar-refractivity contribution is 5.94. The minimum Gasteiger partial charge on any atom is -0.490 e. The second kappa shape index (κ2) is 6.73. The van der Waals surface area contributed by atoms with Crippen molar-refractivity contribution >= 4 is 5.78 Å². The lowest BCUT2D eigenvalue weighted by Crippen LogP contribution is -2.26. The predicted molar refractivity (Wildman–Crippen MR) is 114 cm³/mol. The molecule has 0 bridgehead atoms. The van der Waals surface area contributed by atoms with Gasteiger partial charge in [-0.15, -0.1) is 0 Å². The minimum absolute atomic E-state index is 0.163. The molecule has 156 valence electrons. The first-order chi connectivity index (χ1) is 14.6. The molecule has 0 radical (unpaired) electrons. The number of hydrogen-bond donors (Lipinski definition) is 0. The summed E-state index contributed by atoms with van der Waals surface area (Å²) in [6, 6.07) is 4.14. The van der Waals surface area contributed by atoms with Crippen LogP contribution >= 0.6 is 0 Å². The van der Waals surface area contributed by atoms with Crippen molar-refractivity contribution in [1.82, 2.24) is 4.57 Å². The summed E-state index contributed by atoms with van der Waals surface area (Å²) in [7, 11) is 0. The van der Waals surface area contributed by atoms with Gasteiger partial charge in [0, 0.05) is 35.9 Å². The first kappa shape index (κ1) is 18.2. The highest BCUT2D eigenvalue weighted by Crippen LogP contribution is 2.51. The van der Waals surface area contributed by atoms with E-state index in [2.05, 4.69) is 10.6 Å². The summed E-state index contributed by atoms with van der Waals surface area (Å²) in [5.74, 6) is 3.01. The Hall–Kier alpha value is -2.56. The third kappa shape index (κ3) is 2.98. The van der Waals surface area contributed by atoms with Gasteiger partial charge in [0.05, 0.1) is 24.5 Å². The summed E-state index contributed by atoms with van der Waals surface area (Å²) < 4.78 is 14.4. The summed E-state index contributed by atoms with van der Waals surface area (Å²) in [5.41, 5.74) is 4.59. The molecule has 1 atom stereocenters. The molecule has 0 saturated heterocycles. The maximum Gasteiger partial charge on any atom is 0.192 e. The van der Waals surface area contributed by atoms with Crippen LogP contribution in [0.4, 0.5) is 0 Å². The molecule has 5 nitrogen and oxygen atoms in total. The molecule has 0 amide bonds. The number of aromatic nitrogens is 1. The van der Waals surface area contributed by atoms with E-state index in [9.17, 15) is 9.59 Å². The van der Waals surface area contributed by atoms with Gasteiger partial charge in [-0.3, -0.25) is 9.59 Å². The fraction of sp³-hybridized carbons (Fsp3) is 0.520. The zero-order valence-electron chi connectivity index (χ0n) is 17.4. The highest BCUT2D eigenvalue weighted by Gasteiger charge is 2.39. The Morgan fingerprint density at radius 2 is 2.07 bits per heavy atom. The highest BCUT2D eigenvalue weighted by atomic mass is 16.5. The molecule has 2 saturated carbocycles. The number of Topliss-reactive ketones (excluding diaryl/α,β-unsaturated/α-hetero) is 1. The van der Waals surface area contributed by atoms with E-state index in [1.807, 2.05) is 6.20 Å². The van der Waals surface area contributed by atoms with Gasteiger partial charge in [0.2, 0.25) is 0 Å². The molecule has 5 heteroatoms. The van der Waals surface area contributed by atoms with Crippen LogP contribution in [0, 0.1) is 11.8 Å². The second-order valence-corrected chi connectivity index (χ2v) is 9.40. The van der Waals surface area contributed by atoms with Crippen molar-refractivity contribution in [2.24, 2.45) is 11.8 Å². The van der Waals surface area contributed by atoms with Crippen LogP contribution < -0.4 is 14.9 Å². The quantitative estimate of drug-likeness (QED) is 0.671. The summed E-state index contributed by atoms with van der Waals surface area (Å²) in [6.07, 6.45) is 9.75. The lowest BCUT2D eigenvalue weighted by atomic mass is 9.86. The van der Waals surface area contributed by atoms with E-state index in [1.54, 1.807) is 6.07 Å². The van der Waals surface area contributed by atoms with Crippen molar-refractivity contribution in [2.45, 2.75) is 57.9 Å². The van der Waals surface area contributed by atoms with E-state index in [0.29, 0.717) is 24.1 Å². The topological polar surface area (TPSA) is 57.5 Å². The van der Waals surface area contributed by atoms with Crippen LogP contribution in [0.15, 0.2) is 23.1 Å². The van der Waals surface area contributed by atoms with Crippen LogP contribution in [0.1, 0.15) is 66.6 Å². The normalized spacial score (nSPS) is 21.4. The van der Waals surface area contributed by atoms with E-state index < -0.39 is 0 Å². The number of carbonyl (C=O) groups excluding carboxylic acids is 1. The smallest absolute Gasteiger partial charge is 0.192 e. The SMILES string of the molecule is CC(=O)c1cn2c(cc1=O)-c1c(cc(OCCC3CC3)c3c1CCO3)CC2C1CC1. The molecular formula is C25H27NO4. The molecule has 2 aliphatic carbocycles. The third-order valence-corrected chi connectivity index (χ3v) is 7.17. The Morgan fingerprint density at radius 1 is 1.23 bits per heavy atom. The van der Waals surface area contributed by atoms with Crippen molar-refractivity contribution in [3.63, 3.8) is 0 Å². The average Bonchev–Trinajstić information content (AvgIpc) is 3.65. The van der Waals surface area contributed by atoms with E-state index in [-0.39, 0.29) is 11.2 Å². The maximum atomic E-state index is 12.7. The number of pyridine rings is 1. The number of carbonyl (C=O) groups is 1. The maximum absolute atomic E-state index is 12.7. The molecule has 0 N–H and O–H groups in total. The number of nitrogens with zero attached hydrogens (tertiary/aromatic N) is 1. The number of hydrogen-bond acceptors (Lipinski definition) is 4. The van der Waals surface area contributed by atoms with Crippen LogP contribution in [-0.2, 0) is 12.8 Å². The Labute approximate surface area is 176 Å². The van der Waals surface area contributed by atoms with Gasteiger partial charge in [0.25, 0.3) is 0 Å². The van der Waals surface area contributed by atoms with Crippen molar-refractivity contribution in [3.8, 4) is 22.8 Å². The van der Waals surface area contributed by atoms with Crippen molar-refractivity contribution in [3.05, 3.63) is 45.2 Å². The van der Waals surface area contributed by atoms with Gasteiger partial charge in [0.1, 0.15) is 0 Å². The molecular weight excluding hydrogens is 378 g/mol. The van der Waals surface area contributed by atoms with Gasteiger partial charge in [0.15, 0.2) is 22.7 Å². The number of ketones is 1. The zero-order valence-corrected chi connectivity index (χ0v) is 17.4. The molecule has 1 unspecified atom stereocenters. The van der Waals surface area contributed by atoms with Crippen LogP contribution in [-0.4, -0.2) is 23.6 Å². The van der Waals surface area contributed by atoms with E-state index in [0.717, 1.165) is 60.1 Å². The number of benzene rings is 1. The van der Waals surface area contributed by atoms with Crippen molar-refractivity contribution in [1.29, 1.82) is 0 Å². The van der Waals surface area contributed by atoms with Crippen molar-refractivity contribution < 1.29 is 14.3 Å². The third-order valence-electron chi connectivity index (χ3n) is 7.17. The van der Waals surface area contributed by atoms with Crippen molar-refractivity contribution in [2.75, 3.05) is 13.2 Å². The van der Waals surface area contributed by atoms with E-state index >= 15 is 0 Å². The summed E-state index contributed by atoms with van der Waals surface area (Å²) in [4.78, 5) is 24.7. The monoisotopic (exact) mass is 405 g/mol. The lowest BCUT2D eigenvalue weighted by molar-refractivity contribution is 0.101. The molecule has 2 fully saturated rings. The molecule has 1 aromatic carbocycles. The molecule has 4 aliphatic rings. The first-order valence-electron chi connectivity index (χ1n) is 11.3. The first-order valence-corrected chi connectivity index (χ1v) is 11.3. The molecule has 3 heterocycles. The van der Waals surface area contributed by atoms with E-state index in [1.165, 1.54) is 38.2 Å². The lowest BCUT2D eigenvalue weighted by Gasteiger charge is -2.32. The van der Waals surface area contributed by atoms with Gasteiger partial charge >= 0.3 is 0 Å². The standard InChI is InChI=1S/C25H27NO4/c1-14(27)19-13-26-20(16-4-5-16)10-17-11-23(29-8-6-15-2-3-15)25-18(7-9-30-25)24(17)21(26)12-22(19)28/h11-13,15-16,20H,2-10H2,1H3. The number of fused-ring (bicyclic) bond motifs is 5. The fourth-order valence-electron chi connectivity index (χ4n) is 5.22. The van der Waals surface area contributed by atoms with Crippen LogP contribution in [0.5, 0.6) is 11.5 Å². The number of rotatable bonds is 6. The zero-order chi connectivity index (χ0) is 20.4. The Bertz CT molecular complexity index is 1110. The Kier molecular flexibility index (Phi) is 4.09. The molecule has 2 aliphatic heterocycles. The average molecular weight is 405 g/mol. The molecule has 1 aromatic heterocycles. The number of ether oxygens (including phenoxy) is 2. The van der Waals surface area contributed by atoms with Crippen LogP contribution in [0.25, 0.3) is 11.3 Å². The summed E-state index contributed by atoms with van der Waals surface area (Å²) >= 11 is 0. The molecule has 0 spiro atoms. The summed E-state index contributed by atoms with van der Waals surface area (Å²) in [6.45, 7) is 2.86. The second-order valence-electron chi connectivity index (χ2n) is 9.40. The fourth-order valence-corrected chi connectivity index (χ4v) is 5.22. The predicted octanol–water partition coefficient (Wildman–Crippen LogP) is 4.34. The Morgan fingerprint density at radius 3 is 2.80 bits per heavy atom. The van der Waals surface area contributed by atoms with E-state index in [4.69, 9.17) is 9.47 Å². The Balaban J connectivity index is 1.48. The molecule has 6 rings (SSSR count). The van der Waals surface area contributed by atoms with Gasteiger partial charge in [-0.05, 0) is 56.1 Å². The van der Waals surface area contributed by atoms with Crippen LogP contribution in [0.2, 0.25) is 0 Å². The van der Waals surface area contributed by atoms with Gasteiger partial charge < -0.3 is 14.0 Å².